The van der Waals surface area contributed by atoms with Crippen molar-refractivity contribution >= 4 is 28.4 Å². The van der Waals surface area contributed by atoms with Crippen LogP contribution in [0.4, 0.5) is 5.69 Å². The third-order valence-electron chi connectivity index (χ3n) is 2.50. The van der Waals surface area contributed by atoms with Gasteiger partial charge in [0, 0.05) is 12.4 Å². The quantitative estimate of drug-likeness (QED) is 0.577. The molecule has 0 spiro atoms. The highest BCUT2D eigenvalue weighted by molar-refractivity contribution is 6.34. The van der Waals surface area contributed by atoms with Gasteiger partial charge >= 0.3 is 11.8 Å². The highest BCUT2D eigenvalue weighted by atomic mass is 16.3. The van der Waals surface area contributed by atoms with Crippen LogP contribution in [0.2, 0.25) is 0 Å². The number of nitrogens with two attached hydrogens (primary N) is 1. The van der Waals surface area contributed by atoms with Crippen molar-refractivity contribution in [1.82, 2.24) is 4.57 Å². The maximum absolute atomic E-state index is 10.9. The van der Waals surface area contributed by atoms with Crippen molar-refractivity contribution in [2.24, 2.45) is 23.0 Å². The highest BCUT2D eigenvalue weighted by Crippen LogP contribution is 2.37. The van der Waals surface area contributed by atoms with Gasteiger partial charge in [-0.25, -0.2) is 0 Å². The van der Waals surface area contributed by atoms with Gasteiger partial charge in [-0.3, -0.25) is 9.59 Å². The van der Waals surface area contributed by atoms with E-state index in [4.69, 9.17) is 5.73 Å². The number of hydrogen-bond donors (Lipinski definition) is 2. The first-order valence-corrected chi connectivity index (χ1v) is 5.04. The molecule has 2 aromatic rings. The molecule has 0 aliphatic carbocycles. The number of rotatable bonds is 1. The van der Waals surface area contributed by atoms with Crippen molar-refractivity contribution in [3.8, 4) is 5.88 Å². The van der Waals surface area contributed by atoms with E-state index in [9.17, 15) is 14.7 Å². The first-order valence-electron chi connectivity index (χ1n) is 5.04. The Hall–Kier alpha value is -2.70. The lowest BCUT2D eigenvalue weighted by Crippen LogP contribution is -2.20. The van der Waals surface area contributed by atoms with Crippen LogP contribution < -0.4 is 5.73 Å². The molecule has 1 heterocycles. The molecule has 7 nitrogen and oxygen atoms in total. The molecule has 0 radical (unpaired) electrons. The molecule has 0 bridgehead atoms. The van der Waals surface area contributed by atoms with Gasteiger partial charge in [0.15, 0.2) is 5.69 Å². The number of aromatic nitrogens is 1. The molecule has 0 saturated heterocycles. The monoisotopic (exact) mass is 246 g/mol. The Morgan fingerprint density at radius 3 is 2.67 bits per heavy atom. The first-order chi connectivity index (χ1) is 8.52. The second-order valence-electron chi connectivity index (χ2n) is 3.62. The number of aromatic hydroxyl groups is 1. The van der Waals surface area contributed by atoms with Crippen LogP contribution in [0.5, 0.6) is 5.88 Å². The number of carbonyl (C=O) groups excluding carboxylic acids is 2. The molecule has 0 unspecified atom stereocenters. The zero-order valence-electron chi connectivity index (χ0n) is 9.49. The van der Waals surface area contributed by atoms with Crippen LogP contribution in [0.15, 0.2) is 34.5 Å². The van der Waals surface area contributed by atoms with E-state index in [0.29, 0.717) is 5.39 Å². The Balaban J connectivity index is 2.55. The minimum Gasteiger partial charge on any atom is -0.493 e. The van der Waals surface area contributed by atoms with Crippen LogP contribution in [0.25, 0.3) is 10.9 Å². The Kier molecular flexibility index (Phi) is 2.80. The van der Waals surface area contributed by atoms with Crippen molar-refractivity contribution in [1.29, 1.82) is 0 Å². The molecule has 0 atom stereocenters. The maximum Gasteiger partial charge on any atom is 0.353 e. The van der Waals surface area contributed by atoms with E-state index in [1.54, 1.807) is 31.3 Å². The molecule has 7 heteroatoms. The SMILES string of the molecule is Cn1c(O)c(N=NC(=O)C(N)=O)c2ccccc21. The van der Waals surface area contributed by atoms with Gasteiger partial charge in [0.2, 0.25) is 5.88 Å². The number of para-hydroxylation sites is 1. The smallest absolute Gasteiger partial charge is 0.353 e. The molecule has 2 rings (SSSR count). The molecule has 0 aliphatic heterocycles. The van der Waals surface area contributed by atoms with Gasteiger partial charge in [0.05, 0.1) is 5.52 Å². The molecule has 3 N–H and O–H groups in total. The molecule has 0 aliphatic rings. The Labute approximate surface area is 102 Å². The average Bonchev–Trinajstić information content (AvgIpc) is 2.60. The van der Waals surface area contributed by atoms with E-state index in [2.05, 4.69) is 10.2 Å². The lowest BCUT2D eigenvalue weighted by Gasteiger charge is -1.94. The zero-order chi connectivity index (χ0) is 13.3. The van der Waals surface area contributed by atoms with Gasteiger partial charge in [-0.1, -0.05) is 18.2 Å². The van der Waals surface area contributed by atoms with Crippen LogP contribution in [0.1, 0.15) is 0 Å². The molecular formula is C11H10N4O3. The van der Waals surface area contributed by atoms with Crippen LogP contribution in [0, 0.1) is 0 Å². The Bertz CT molecular complexity index is 672. The van der Waals surface area contributed by atoms with E-state index in [1.807, 2.05) is 0 Å². The van der Waals surface area contributed by atoms with Crippen LogP contribution >= 0.6 is 0 Å². The minimum absolute atomic E-state index is 0.128. The summed E-state index contributed by atoms with van der Waals surface area (Å²) < 4.78 is 1.50. The molecule has 18 heavy (non-hydrogen) atoms. The molecule has 1 aromatic heterocycles. The standard InChI is InChI=1S/C11H10N4O3/c1-15-7-5-3-2-4-6(7)8(11(15)18)13-14-10(17)9(12)16/h2-5,18H,1H3,(H2,12,16). The minimum atomic E-state index is -1.20. The number of nitrogens with zero attached hydrogens (tertiary/aromatic N) is 3. The molecule has 2 amide bonds. The third-order valence-corrected chi connectivity index (χ3v) is 2.50. The van der Waals surface area contributed by atoms with E-state index in [1.165, 1.54) is 4.57 Å². The molecule has 0 saturated carbocycles. The molecule has 0 fully saturated rings. The lowest BCUT2D eigenvalue weighted by atomic mass is 10.2. The molecular weight excluding hydrogens is 236 g/mol. The number of benzene rings is 1. The fourth-order valence-corrected chi connectivity index (χ4v) is 1.60. The number of fused-ring (bicyclic) bond motifs is 1. The van der Waals surface area contributed by atoms with Crippen molar-refractivity contribution in [2.75, 3.05) is 0 Å². The summed E-state index contributed by atoms with van der Waals surface area (Å²) in [4.78, 5) is 21.5. The van der Waals surface area contributed by atoms with E-state index < -0.39 is 11.8 Å². The normalized spacial score (nSPS) is 11.2. The molecule has 92 valence electrons. The fourth-order valence-electron chi connectivity index (χ4n) is 1.60. The zero-order valence-corrected chi connectivity index (χ0v) is 9.49. The summed E-state index contributed by atoms with van der Waals surface area (Å²) in [6.45, 7) is 0. The number of azo groups is 1. The number of primary amides is 1. The van der Waals surface area contributed by atoms with Gasteiger partial charge in [-0.05, 0) is 6.07 Å². The van der Waals surface area contributed by atoms with Gasteiger partial charge in [0.25, 0.3) is 0 Å². The van der Waals surface area contributed by atoms with Crippen LogP contribution in [-0.4, -0.2) is 21.5 Å². The summed E-state index contributed by atoms with van der Waals surface area (Å²) in [6.07, 6.45) is 0. The topological polar surface area (TPSA) is 110 Å². The number of amides is 2. The van der Waals surface area contributed by atoms with Crippen molar-refractivity contribution in [2.45, 2.75) is 0 Å². The van der Waals surface area contributed by atoms with Crippen molar-refractivity contribution in [3.05, 3.63) is 24.3 Å². The lowest BCUT2D eigenvalue weighted by molar-refractivity contribution is -0.135. The van der Waals surface area contributed by atoms with E-state index in [0.717, 1.165) is 5.52 Å². The summed E-state index contributed by atoms with van der Waals surface area (Å²) in [6, 6.07) is 7.07. The van der Waals surface area contributed by atoms with Crippen LogP contribution in [-0.2, 0) is 16.6 Å². The number of carbonyl (C=O) groups is 2. The van der Waals surface area contributed by atoms with Crippen molar-refractivity contribution < 1.29 is 14.7 Å². The molecule has 1 aromatic carbocycles. The van der Waals surface area contributed by atoms with E-state index in [-0.39, 0.29) is 11.6 Å². The Morgan fingerprint density at radius 2 is 2.00 bits per heavy atom. The summed E-state index contributed by atoms with van der Waals surface area (Å²) in [7, 11) is 1.65. The number of aryl methyl sites for hydroxylation is 1. The summed E-state index contributed by atoms with van der Waals surface area (Å²) in [5.41, 5.74) is 5.61. The largest absolute Gasteiger partial charge is 0.493 e. The fraction of sp³-hybridized carbons (Fsp3) is 0.0909. The van der Waals surface area contributed by atoms with Gasteiger partial charge < -0.3 is 15.4 Å². The summed E-state index contributed by atoms with van der Waals surface area (Å²) >= 11 is 0. The maximum atomic E-state index is 10.9. The van der Waals surface area contributed by atoms with Crippen LogP contribution in [0.3, 0.4) is 0 Å². The van der Waals surface area contributed by atoms with E-state index >= 15 is 0 Å². The summed E-state index contributed by atoms with van der Waals surface area (Å²) in [5, 5.41) is 17.2. The van der Waals surface area contributed by atoms with Crippen molar-refractivity contribution in [3.63, 3.8) is 0 Å². The second-order valence-corrected chi connectivity index (χ2v) is 3.62. The van der Waals surface area contributed by atoms with Gasteiger partial charge in [-0.15, -0.1) is 10.2 Å². The summed E-state index contributed by atoms with van der Waals surface area (Å²) in [5.74, 6) is -2.50. The highest BCUT2D eigenvalue weighted by Gasteiger charge is 2.14. The number of hydrogen-bond acceptors (Lipinski definition) is 4. The van der Waals surface area contributed by atoms with Gasteiger partial charge in [0.1, 0.15) is 0 Å². The second kappa shape index (κ2) is 4.28. The average molecular weight is 246 g/mol. The predicted octanol–water partition coefficient (Wildman–Crippen LogP) is 0.980. The first kappa shape index (κ1) is 11.8. The predicted molar refractivity (Wildman–Crippen MR) is 63.3 cm³/mol. The Morgan fingerprint density at radius 1 is 1.33 bits per heavy atom. The van der Waals surface area contributed by atoms with Gasteiger partial charge in [-0.2, -0.15) is 0 Å². The third kappa shape index (κ3) is 1.81.